The molecule has 5 heteroatoms. The van der Waals surface area contributed by atoms with Gasteiger partial charge < -0.3 is 10.5 Å². The van der Waals surface area contributed by atoms with Gasteiger partial charge in [-0.2, -0.15) is 0 Å². The molecule has 1 atom stereocenters. The van der Waals surface area contributed by atoms with Crippen LogP contribution >= 0.6 is 23.2 Å². The van der Waals surface area contributed by atoms with Gasteiger partial charge in [-0.25, -0.2) is 4.39 Å². The van der Waals surface area contributed by atoms with Crippen LogP contribution in [0.25, 0.3) is 0 Å². The fourth-order valence-electron chi connectivity index (χ4n) is 1.56. The Labute approximate surface area is 120 Å². The molecule has 100 valence electrons. The van der Waals surface area contributed by atoms with Crippen molar-refractivity contribution in [1.82, 2.24) is 0 Å². The van der Waals surface area contributed by atoms with Crippen LogP contribution in [0.1, 0.15) is 18.5 Å². The molecule has 0 aliphatic carbocycles. The Bertz CT molecular complexity index is 602. The number of hydrogen-bond donors (Lipinski definition) is 1. The summed E-state index contributed by atoms with van der Waals surface area (Å²) in [4.78, 5) is 0. The van der Waals surface area contributed by atoms with Crippen molar-refractivity contribution in [3.8, 4) is 11.5 Å². The normalized spacial score (nSPS) is 12.3. The van der Waals surface area contributed by atoms with Gasteiger partial charge in [0.05, 0.1) is 5.02 Å². The summed E-state index contributed by atoms with van der Waals surface area (Å²) in [7, 11) is 0. The van der Waals surface area contributed by atoms with Crippen molar-refractivity contribution in [3.05, 3.63) is 57.8 Å². The third-order valence-corrected chi connectivity index (χ3v) is 3.13. The minimum Gasteiger partial charge on any atom is -0.453 e. The zero-order valence-corrected chi connectivity index (χ0v) is 11.7. The van der Waals surface area contributed by atoms with Crippen LogP contribution in [0.4, 0.5) is 4.39 Å². The van der Waals surface area contributed by atoms with Gasteiger partial charge in [-0.3, -0.25) is 0 Å². The first-order valence-electron chi connectivity index (χ1n) is 5.65. The van der Waals surface area contributed by atoms with E-state index in [0.29, 0.717) is 21.4 Å². The van der Waals surface area contributed by atoms with Gasteiger partial charge in [0, 0.05) is 11.1 Å². The molecule has 0 amide bonds. The first-order valence-corrected chi connectivity index (χ1v) is 6.41. The predicted octanol–water partition coefficient (Wildman–Crippen LogP) is 4.94. The van der Waals surface area contributed by atoms with E-state index in [2.05, 4.69) is 0 Å². The SMILES string of the molecule is C[C@@H](N)c1ccc(Oc2ccc(Cl)cc2Cl)c(F)c1. The van der Waals surface area contributed by atoms with E-state index >= 15 is 0 Å². The number of nitrogens with two attached hydrogens (primary N) is 1. The van der Waals surface area contributed by atoms with Crippen molar-refractivity contribution in [2.24, 2.45) is 5.73 Å². The van der Waals surface area contributed by atoms with E-state index in [1.807, 2.05) is 0 Å². The molecule has 0 spiro atoms. The summed E-state index contributed by atoms with van der Waals surface area (Å²) in [6.45, 7) is 1.78. The summed E-state index contributed by atoms with van der Waals surface area (Å²) in [6, 6.07) is 9.10. The smallest absolute Gasteiger partial charge is 0.166 e. The van der Waals surface area contributed by atoms with Crippen LogP contribution in [0.15, 0.2) is 36.4 Å². The molecule has 0 saturated carbocycles. The fraction of sp³-hybridized carbons (Fsp3) is 0.143. The van der Waals surface area contributed by atoms with E-state index < -0.39 is 5.82 Å². The fourth-order valence-corrected chi connectivity index (χ4v) is 2.01. The molecule has 0 saturated heterocycles. The van der Waals surface area contributed by atoms with Crippen molar-refractivity contribution in [2.45, 2.75) is 13.0 Å². The molecular weight excluding hydrogens is 288 g/mol. The van der Waals surface area contributed by atoms with Crippen LogP contribution in [0.5, 0.6) is 11.5 Å². The first-order chi connectivity index (χ1) is 8.97. The van der Waals surface area contributed by atoms with Gasteiger partial charge in [-0.1, -0.05) is 29.3 Å². The highest BCUT2D eigenvalue weighted by Gasteiger charge is 2.10. The Morgan fingerprint density at radius 2 is 1.79 bits per heavy atom. The van der Waals surface area contributed by atoms with Gasteiger partial charge in [-0.15, -0.1) is 0 Å². The lowest BCUT2D eigenvalue weighted by molar-refractivity contribution is 0.441. The third kappa shape index (κ3) is 3.38. The lowest BCUT2D eigenvalue weighted by atomic mass is 10.1. The number of hydrogen-bond acceptors (Lipinski definition) is 2. The minimum absolute atomic E-state index is 0.0913. The first kappa shape index (κ1) is 14.1. The van der Waals surface area contributed by atoms with Crippen LogP contribution in [0.3, 0.4) is 0 Å². The average molecular weight is 300 g/mol. The van der Waals surface area contributed by atoms with Gasteiger partial charge in [-0.05, 0) is 42.8 Å². The van der Waals surface area contributed by atoms with E-state index in [4.69, 9.17) is 33.7 Å². The highest BCUT2D eigenvalue weighted by Crippen LogP contribution is 2.33. The summed E-state index contributed by atoms with van der Waals surface area (Å²) in [5.41, 5.74) is 6.38. The molecular formula is C14H12Cl2FNO. The van der Waals surface area contributed by atoms with E-state index in [9.17, 15) is 4.39 Å². The largest absolute Gasteiger partial charge is 0.453 e. The van der Waals surface area contributed by atoms with E-state index in [-0.39, 0.29) is 11.8 Å². The molecule has 0 heterocycles. The summed E-state index contributed by atoms with van der Waals surface area (Å²) >= 11 is 11.7. The minimum atomic E-state index is -0.485. The molecule has 19 heavy (non-hydrogen) atoms. The maximum atomic E-state index is 13.9. The third-order valence-electron chi connectivity index (χ3n) is 2.60. The van der Waals surface area contributed by atoms with Crippen molar-refractivity contribution in [3.63, 3.8) is 0 Å². The molecule has 2 N–H and O–H groups in total. The van der Waals surface area contributed by atoms with Crippen LogP contribution < -0.4 is 10.5 Å². The van der Waals surface area contributed by atoms with Gasteiger partial charge >= 0.3 is 0 Å². The summed E-state index contributed by atoms with van der Waals surface area (Å²) in [5, 5.41) is 0.813. The molecule has 0 radical (unpaired) electrons. The molecule has 0 fully saturated rings. The molecule has 0 aliphatic rings. The zero-order chi connectivity index (χ0) is 14.0. The molecule has 2 nitrogen and oxygen atoms in total. The van der Waals surface area contributed by atoms with E-state index in [0.717, 1.165) is 0 Å². The quantitative estimate of drug-likeness (QED) is 0.871. The second-order valence-corrected chi connectivity index (χ2v) is 5.00. The maximum absolute atomic E-state index is 13.9. The van der Waals surface area contributed by atoms with Gasteiger partial charge in [0.15, 0.2) is 11.6 Å². The lowest BCUT2D eigenvalue weighted by Crippen LogP contribution is -2.05. The predicted molar refractivity (Wildman–Crippen MR) is 75.5 cm³/mol. The molecule has 0 unspecified atom stereocenters. The van der Waals surface area contributed by atoms with Crippen molar-refractivity contribution < 1.29 is 9.13 Å². The monoisotopic (exact) mass is 299 g/mol. The van der Waals surface area contributed by atoms with Gasteiger partial charge in [0.25, 0.3) is 0 Å². The topological polar surface area (TPSA) is 35.2 Å². The number of halogens is 3. The molecule has 0 aromatic heterocycles. The molecule has 2 rings (SSSR count). The van der Waals surface area contributed by atoms with Crippen LogP contribution in [-0.2, 0) is 0 Å². The number of ether oxygens (including phenoxy) is 1. The van der Waals surface area contributed by atoms with Crippen molar-refractivity contribution in [2.75, 3.05) is 0 Å². The molecule has 2 aromatic rings. The maximum Gasteiger partial charge on any atom is 0.166 e. The lowest BCUT2D eigenvalue weighted by Gasteiger charge is -2.11. The standard InChI is InChI=1S/C14H12Cl2FNO/c1-8(18)9-2-4-14(12(17)6-9)19-13-5-3-10(15)7-11(13)16/h2-8H,18H2,1H3/t8-/m1/s1. The zero-order valence-electron chi connectivity index (χ0n) is 10.2. The van der Waals surface area contributed by atoms with Gasteiger partial charge in [0.1, 0.15) is 5.75 Å². The highest BCUT2D eigenvalue weighted by atomic mass is 35.5. The second-order valence-electron chi connectivity index (χ2n) is 4.16. The van der Waals surface area contributed by atoms with Gasteiger partial charge in [0.2, 0.25) is 0 Å². The Balaban J connectivity index is 2.28. The summed E-state index contributed by atoms with van der Waals surface area (Å²) in [5.74, 6) is -0.0482. The number of benzene rings is 2. The van der Waals surface area contributed by atoms with Crippen LogP contribution in [0.2, 0.25) is 10.0 Å². The van der Waals surface area contributed by atoms with E-state index in [1.165, 1.54) is 18.2 Å². The van der Waals surface area contributed by atoms with Crippen molar-refractivity contribution in [1.29, 1.82) is 0 Å². The summed E-state index contributed by atoms with van der Waals surface area (Å²) in [6.07, 6.45) is 0. The molecule has 0 aliphatic heterocycles. The Kier molecular flexibility index (Phi) is 4.30. The average Bonchev–Trinajstić information content (AvgIpc) is 2.34. The van der Waals surface area contributed by atoms with E-state index in [1.54, 1.807) is 25.1 Å². The highest BCUT2D eigenvalue weighted by molar-refractivity contribution is 6.35. The summed E-state index contributed by atoms with van der Waals surface area (Å²) < 4.78 is 19.3. The van der Waals surface area contributed by atoms with Crippen LogP contribution in [0, 0.1) is 5.82 Å². The number of rotatable bonds is 3. The molecule has 2 aromatic carbocycles. The Hall–Kier alpha value is -1.29. The molecule has 0 bridgehead atoms. The van der Waals surface area contributed by atoms with Crippen molar-refractivity contribution >= 4 is 23.2 Å². The Morgan fingerprint density at radius 1 is 1.11 bits per heavy atom. The second kappa shape index (κ2) is 5.78. The Morgan fingerprint density at radius 3 is 2.37 bits per heavy atom. The van der Waals surface area contributed by atoms with Crippen LogP contribution in [-0.4, -0.2) is 0 Å².